The lowest BCUT2D eigenvalue weighted by Gasteiger charge is -2.08. The molecule has 0 atom stereocenters. The first-order valence-electron chi connectivity index (χ1n) is 7.37. The van der Waals surface area contributed by atoms with Crippen molar-refractivity contribution in [1.29, 1.82) is 0 Å². The van der Waals surface area contributed by atoms with Gasteiger partial charge in [0.05, 0.1) is 18.2 Å². The van der Waals surface area contributed by atoms with Gasteiger partial charge >= 0.3 is 0 Å². The van der Waals surface area contributed by atoms with E-state index in [2.05, 4.69) is 5.10 Å². The Hall–Kier alpha value is -1.90. The fourth-order valence-corrected chi connectivity index (χ4v) is 2.99. The van der Waals surface area contributed by atoms with Crippen LogP contribution in [0.15, 0.2) is 36.5 Å². The zero-order valence-electron chi connectivity index (χ0n) is 11.9. The molecule has 1 aliphatic carbocycles. The second kappa shape index (κ2) is 5.61. The smallest absolute Gasteiger partial charge is 0.169 e. The zero-order chi connectivity index (χ0) is 13.9. The monoisotopic (exact) mass is 268 g/mol. The molecule has 3 nitrogen and oxygen atoms in total. The summed E-state index contributed by atoms with van der Waals surface area (Å²) < 4.78 is 2.05. The minimum Gasteiger partial charge on any atom is -0.294 e. The first-order chi connectivity index (χ1) is 9.74. The lowest BCUT2D eigenvalue weighted by molar-refractivity contribution is 0.0991. The highest BCUT2D eigenvalue weighted by molar-refractivity contribution is 5.98. The lowest BCUT2D eigenvalue weighted by Crippen LogP contribution is -2.09. The molecule has 2 aromatic rings. The van der Waals surface area contributed by atoms with Gasteiger partial charge in [-0.25, -0.2) is 0 Å². The summed E-state index contributed by atoms with van der Waals surface area (Å²) in [6.07, 6.45) is 7.44. The maximum Gasteiger partial charge on any atom is 0.169 e. The normalized spacial score (nSPS) is 15.7. The van der Waals surface area contributed by atoms with Gasteiger partial charge in [-0.05, 0) is 31.4 Å². The number of rotatable bonds is 4. The molecule has 0 amide bonds. The molecule has 1 heterocycles. The molecular weight excluding hydrogens is 248 g/mol. The van der Waals surface area contributed by atoms with E-state index in [-0.39, 0.29) is 5.78 Å². The third-order valence-corrected chi connectivity index (χ3v) is 4.15. The number of hydrogen-bond acceptors (Lipinski definition) is 2. The van der Waals surface area contributed by atoms with Crippen molar-refractivity contribution in [1.82, 2.24) is 9.78 Å². The Morgan fingerprint density at radius 2 is 2.00 bits per heavy atom. The second-order valence-corrected chi connectivity index (χ2v) is 5.64. The van der Waals surface area contributed by atoms with Gasteiger partial charge in [0.1, 0.15) is 0 Å². The number of aromatic nitrogens is 2. The van der Waals surface area contributed by atoms with Crippen molar-refractivity contribution >= 4 is 5.78 Å². The van der Waals surface area contributed by atoms with E-state index in [1.54, 1.807) is 0 Å². The molecule has 0 bridgehead atoms. The molecule has 3 rings (SSSR count). The molecule has 1 fully saturated rings. The molecule has 0 radical (unpaired) electrons. The topological polar surface area (TPSA) is 34.9 Å². The Balaban J connectivity index is 1.72. The highest BCUT2D eigenvalue weighted by Crippen LogP contribution is 2.28. The summed E-state index contributed by atoms with van der Waals surface area (Å²) >= 11 is 0. The van der Waals surface area contributed by atoms with E-state index in [0.717, 1.165) is 16.8 Å². The summed E-state index contributed by atoms with van der Waals surface area (Å²) in [5, 5.41) is 4.58. The molecule has 0 unspecified atom stereocenters. The number of benzene rings is 1. The molecule has 0 saturated heterocycles. The fourth-order valence-electron chi connectivity index (χ4n) is 2.99. The van der Waals surface area contributed by atoms with Crippen molar-refractivity contribution in [3.63, 3.8) is 0 Å². The minimum atomic E-state index is 0.153. The second-order valence-electron chi connectivity index (χ2n) is 5.64. The Morgan fingerprint density at radius 1 is 1.25 bits per heavy atom. The number of ketones is 1. The SMILES string of the molecule is Cc1ccccc1C(=O)Cc1ccn(C2CCCC2)n1. The third-order valence-electron chi connectivity index (χ3n) is 4.15. The fraction of sp³-hybridized carbons (Fsp3) is 0.412. The maximum atomic E-state index is 12.3. The molecule has 20 heavy (non-hydrogen) atoms. The number of Topliss-reactive ketones (excluding diaryl/α,β-unsaturated/α-hetero) is 1. The van der Waals surface area contributed by atoms with Crippen molar-refractivity contribution < 1.29 is 4.79 Å². The van der Waals surface area contributed by atoms with Gasteiger partial charge in [-0.1, -0.05) is 37.1 Å². The summed E-state index contributed by atoms with van der Waals surface area (Å²) in [7, 11) is 0. The molecular formula is C17H20N2O. The van der Waals surface area contributed by atoms with Crippen molar-refractivity contribution in [2.24, 2.45) is 0 Å². The van der Waals surface area contributed by atoms with Crippen LogP contribution in [-0.2, 0) is 6.42 Å². The molecule has 104 valence electrons. The number of carbonyl (C=O) groups excluding carboxylic acids is 1. The quantitative estimate of drug-likeness (QED) is 0.792. The predicted molar refractivity (Wildman–Crippen MR) is 78.9 cm³/mol. The van der Waals surface area contributed by atoms with Crippen LogP contribution in [-0.4, -0.2) is 15.6 Å². The van der Waals surface area contributed by atoms with E-state index in [0.29, 0.717) is 12.5 Å². The van der Waals surface area contributed by atoms with E-state index in [1.165, 1.54) is 25.7 Å². The first kappa shape index (κ1) is 13.1. The van der Waals surface area contributed by atoms with Gasteiger partial charge in [0.25, 0.3) is 0 Å². The lowest BCUT2D eigenvalue weighted by atomic mass is 10.0. The number of aryl methyl sites for hydroxylation is 1. The van der Waals surface area contributed by atoms with Crippen molar-refractivity contribution in [2.45, 2.75) is 45.1 Å². The molecule has 1 aromatic carbocycles. The average molecular weight is 268 g/mol. The molecule has 0 aliphatic heterocycles. The Morgan fingerprint density at radius 3 is 2.75 bits per heavy atom. The largest absolute Gasteiger partial charge is 0.294 e. The van der Waals surface area contributed by atoms with E-state index in [1.807, 2.05) is 48.1 Å². The van der Waals surface area contributed by atoms with E-state index >= 15 is 0 Å². The first-order valence-corrected chi connectivity index (χ1v) is 7.37. The van der Waals surface area contributed by atoms with Crippen molar-refractivity contribution in [3.05, 3.63) is 53.3 Å². The summed E-state index contributed by atoms with van der Waals surface area (Å²) in [5.74, 6) is 0.153. The van der Waals surface area contributed by atoms with Crippen LogP contribution >= 0.6 is 0 Å². The van der Waals surface area contributed by atoms with Crippen LogP contribution in [0, 0.1) is 6.92 Å². The number of carbonyl (C=O) groups is 1. The summed E-state index contributed by atoms with van der Waals surface area (Å²) in [4.78, 5) is 12.3. The highest BCUT2D eigenvalue weighted by Gasteiger charge is 2.18. The van der Waals surface area contributed by atoms with Gasteiger partial charge < -0.3 is 0 Å². The van der Waals surface area contributed by atoms with E-state index in [9.17, 15) is 4.79 Å². The van der Waals surface area contributed by atoms with E-state index in [4.69, 9.17) is 0 Å². The van der Waals surface area contributed by atoms with Gasteiger partial charge in [-0.2, -0.15) is 5.10 Å². The van der Waals surface area contributed by atoms with E-state index < -0.39 is 0 Å². The molecule has 1 saturated carbocycles. The summed E-state index contributed by atoms with van der Waals surface area (Å²) in [5.41, 5.74) is 2.72. The maximum absolute atomic E-state index is 12.3. The van der Waals surface area contributed by atoms with Crippen LogP contribution in [0.3, 0.4) is 0 Å². The third kappa shape index (κ3) is 2.67. The van der Waals surface area contributed by atoms with Gasteiger partial charge in [-0.15, -0.1) is 0 Å². The molecule has 0 N–H and O–H groups in total. The van der Waals surface area contributed by atoms with Gasteiger partial charge in [0, 0.05) is 11.8 Å². The number of nitrogens with zero attached hydrogens (tertiary/aromatic N) is 2. The van der Waals surface area contributed by atoms with Crippen molar-refractivity contribution in [2.75, 3.05) is 0 Å². The van der Waals surface area contributed by atoms with Gasteiger partial charge in [-0.3, -0.25) is 9.48 Å². The molecule has 0 spiro atoms. The Kier molecular flexibility index (Phi) is 3.68. The predicted octanol–water partition coefficient (Wildman–Crippen LogP) is 3.73. The van der Waals surface area contributed by atoms with Gasteiger partial charge in [0.15, 0.2) is 5.78 Å². The van der Waals surface area contributed by atoms with Crippen LogP contribution in [0.1, 0.15) is 53.3 Å². The summed E-state index contributed by atoms with van der Waals surface area (Å²) in [6, 6.07) is 10.3. The molecule has 3 heteroatoms. The van der Waals surface area contributed by atoms with Crippen LogP contribution in [0.2, 0.25) is 0 Å². The van der Waals surface area contributed by atoms with Crippen LogP contribution < -0.4 is 0 Å². The standard InChI is InChI=1S/C17H20N2O/c1-13-6-2-5-9-16(13)17(20)12-14-10-11-19(18-14)15-7-3-4-8-15/h2,5-6,9-11,15H,3-4,7-8,12H2,1H3. The van der Waals surface area contributed by atoms with Crippen LogP contribution in [0.5, 0.6) is 0 Å². The average Bonchev–Trinajstić information content (AvgIpc) is 3.09. The minimum absolute atomic E-state index is 0.153. The Bertz CT molecular complexity index is 609. The van der Waals surface area contributed by atoms with Crippen LogP contribution in [0.4, 0.5) is 0 Å². The molecule has 1 aliphatic rings. The van der Waals surface area contributed by atoms with Crippen LogP contribution in [0.25, 0.3) is 0 Å². The highest BCUT2D eigenvalue weighted by atomic mass is 16.1. The van der Waals surface area contributed by atoms with Gasteiger partial charge in [0.2, 0.25) is 0 Å². The molecule has 1 aromatic heterocycles. The number of hydrogen-bond donors (Lipinski definition) is 0. The zero-order valence-corrected chi connectivity index (χ0v) is 11.9. The van der Waals surface area contributed by atoms with Crippen molar-refractivity contribution in [3.8, 4) is 0 Å². The Labute approximate surface area is 119 Å². The summed E-state index contributed by atoms with van der Waals surface area (Å²) in [6.45, 7) is 1.98.